The Bertz CT molecular complexity index is 1570. The summed E-state index contributed by atoms with van der Waals surface area (Å²) < 4.78 is 3.43. The van der Waals surface area contributed by atoms with Crippen LogP contribution >= 0.6 is 23.2 Å². The van der Waals surface area contributed by atoms with E-state index in [2.05, 4.69) is 49.8 Å². The molecular formula is C17H14Cl2N12O. The van der Waals surface area contributed by atoms with Crippen molar-refractivity contribution in [2.24, 2.45) is 14.1 Å². The van der Waals surface area contributed by atoms with E-state index in [1.54, 1.807) is 28.8 Å². The Morgan fingerprint density at radius 1 is 0.688 bits per heavy atom. The first-order valence-corrected chi connectivity index (χ1v) is 9.63. The van der Waals surface area contributed by atoms with E-state index in [9.17, 15) is 4.79 Å². The van der Waals surface area contributed by atoms with Crippen molar-refractivity contribution in [2.45, 2.75) is 0 Å². The van der Waals surface area contributed by atoms with E-state index in [0.29, 0.717) is 38.3 Å². The van der Waals surface area contributed by atoms with Crippen molar-refractivity contribution in [3.63, 3.8) is 0 Å². The van der Waals surface area contributed by atoms with Gasteiger partial charge in [-0.2, -0.15) is 0 Å². The third-order valence-electron chi connectivity index (χ3n) is 4.16. The number of imidazole rings is 3. The van der Waals surface area contributed by atoms with Gasteiger partial charge in [-0.05, 0) is 0 Å². The maximum absolute atomic E-state index is 11.1. The van der Waals surface area contributed by atoms with Gasteiger partial charge in [0.1, 0.15) is 23.7 Å². The topological polar surface area (TPSA) is 162 Å². The highest BCUT2D eigenvalue weighted by atomic mass is 35.5. The summed E-state index contributed by atoms with van der Waals surface area (Å²) in [5.74, 6) is 0. The Kier molecular flexibility index (Phi) is 6.00. The van der Waals surface area contributed by atoms with Gasteiger partial charge in [-0.3, -0.25) is 4.79 Å². The molecule has 0 aromatic carbocycles. The van der Waals surface area contributed by atoms with Gasteiger partial charge in [-0.25, -0.2) is 39.9 Å². The van der Waals surface area contributed by atoms with Gasteiger partial charge in [-0.1, -0.05) is 23.2 Å². The van der Waals surface area contributed by atoms with Gasteiger partial charge in [0, 0.05) is 14.1 Å². The SMILES string of the molecule is Clc1ncnc2nc[nH]c12.Cn1cnc2nc[nH]c(=O)c21.Cn1cnc2ncnc(Cl)c21. The molecule has 15 heteroatoms. The van der Waals surface area contributed by atoms with Crippen LogP contribution in [-0.4, -0.2) is 59.0 Å². The lowest BCUT2D eigenvalue weighted by atomic mass is 10.5. The molecular weight excluding hydrogens is 459 g/mol. The molecule has 0 aliphatic rings. The maximum atomic E-state index is 11.1. The monoisotopic (exact) mass is 472 g/mol. The summed E-state index contributed by atoms with van der Waals surface area (Å²) in [6, 6.07) is 0. The summed E-state index contributed by atoms with van der Waals surface area (Å²) in [7, 11) is 3.61. The number of H-pyrrole nitrogens is 2. The average Bonchev–Trinajstić information content (AvgIpc) is 3.50. The highest BCUT2D eigenvalue weighted by Gasteiger charge is 2.05. The molecule has 0 amide bonds. The number of rotatable bonds is 0. The van der Waals surface area contributed by atoms with E-state index in [1.165, 1.54) is 25.3 Å². The number of fused-ring (bicyclic) bond motifs is 3. The zero-order valence-electron chi connectivity index (χ0n) is 16.6. The van der Waals surface area contributed by atoms with Crippen molar-refractivity contribution in [2.75, 3.05) is 0 Å². The van der Waals surface area contributed by atoms with Crippen LogP contribution in [0.1, 0.15) is 0 Å². The molecule has 2 N–H and O–H groups in total. The molecule has 162 valence electrons. The zero-order valence-corrected chi connectivity index (χ0v) is 18.1. The average molecular weight is 473 g/mol. The second-order valence-corrected chi connectivity index (χ2v) is 6.93. The molecule has 13 nitrogen and oxygen atoms in total. The second kappa shape index (κ2) is 9.03. The third-order valence-corrected chi connectivity index (χ3v) is 4.72. The van der Waals surface area contributed by atoms with Gasteiger partial charge in [0.2, 0.25) is 0 Å². The van der Waals surface area contributed by atoms with Crippen LogP contribution in [0.5, 0.6) is 0 Å². The summed E-state index contributed by atoms with van der Waals surface area (Å²) >= 11 is 11.5. The molecule has 0 fully saturated rings. The fourth-order valence-electron chi connectivity index (χ4n) is 2.68. The summed E-state index contributed by atoms with van der Waals surface area (Å²) in [5, 5.41) is 0.845. The molecule has 0 bridgehead atoms. The molecule has 6 heterocycles. The minimum absolute atomic E-state index is 0.157. The summed E-state index contributed by atoms with van der Waals surface area (Å²) in [6.07, 6.45) is 8.88. The van der Waals surface area contributed by atoms with Crippen LogP contribution < -0.4 is 5.56 Å². The van der Waals surface area contributed by atoms with E-state index in [0.717, 1.165) is 5.52 Å². The highest BCUT2D eigenvalue weighted by Crippen LogP contribution is 2.16. The summed E-state index contributed by atoms with van der Waals surface area (Å²) in [4.78, 5) is 47.5. The molecule has 0 atom stereocenters. The van der Waals surface area contributed by atoms with Gasteiger partial charge < -0.3 is 19.1 Å². The molecule has 0 radical (unpaired) electrons. The van der Waals surface area contributed by atoms with Crippen LogP contribution in [0.4, 0.5) is 0 Å². The standard InChI is InChI=1S/C6H5ClN4.C6H6N4O.C5H3ClN4/c1-11-3-10-6-4(11)5(7)8-2-9-6;1-10-3-9-5-4(10)6(11)8-2-7-5;6-4-3-5(9-1-7-3)10-2-8-4/h2-3H,1H3;2-3H,1H3,(H,7,8,11);1-2H,(H,7,8,9,10). The van der Waals surface area contributed by atoms with Crippen LogP contribution in [0.3, 0.4) is 0 Å². The van der Waals surface area contributed by atoms with Crippen LogP contribution in [0.15, 0.2) is 42.8 Å². The minimum Gasteiger partial charge on any atom is -0.341 e. The molecule has 6 rings (SSSR count). The third kappa shape index (κ3) is 4.24. The Labute approximate surface area is 188 Å². The van der Waals surface area contributed by atoms with E-state index in [1.807, 2.05) is 7.05 Å². The minimum atomic E-state index is -0.157. The first-order valence-electron chi connectivity index (χ1n) is 8.87. The number of aromatic nitrogens is 12. The fraction of sp³-hybridized carbons (Fsp3) is 0.118. The predicted molar refractivity (Wildman–Crippen MR) is 117 cm³/mol. The first-order chi connectivity index (χ1) is 15.5. The number of hydrogen-bond acceptors (Lipinski definition) is 9. The molecule has 0 unspecified atom stereocenters. The molecule has 6 aromatic rings. The predicted octanol–water partition coefficient (Wildman–Crippen LogP) is 1.68. The van der Waals surface area contributed by atoms with Gasteiger partial charge in [0.25, 0.3) is 5.56 Å². The van der Waals surface area contributed by atoms with Gasteiger partial charge in [0.15, 0.2) is 32.8 Å². The number of halogens is 2. The summed E-state index contributed by atoms with van der Waals surface area (Å²) in [5.41, 5.74) is 3.52. The Balaban J connectivity index is 0.000000115. The van der Waals surface area contributed by atoms with Crippen molar-refractivity contribution in [3.05, 3.63) is 58.6 Å². The van der Waals surface area contributed by atoms with E-state index < -0.39 is 0 Å². The second-order valence-electron chi connectivity index (χ2n) is 6.22. The Hall–Kier alpha value is -3.97. The molecule has 6 aromatic heterocycles. The van der Waals surface area contributed by atoms with Crippen molar-refractivity contribution in [1.29, 1.82) is 0 Å². The maximum Gasteiger partial charge on any atom is 0.276 e. The van der Waals surface area contributed by atoms with Crippen molar-refractivity contribution in [1.82, 2.24) is 59.0 Å². The molecule has 32 heavy (non-hydrogen) atoms. The smallest absolute Gasteiger partial charge is 0.276 e. The number of nitrogens with zero attached hydrogens (tertiary/aromatic N) is 10. The quantitative estimate of drug-likeness (QED) is 0.313. The molecule has 0 aliphatic carbocycles. The van der Waals surface area contributed by atoms with Crippen LogP contribution in [0.25, 0.3) is 33.5 Å². The number of nitrogens with one attached hydrogen (secondary N) is 2. The zero-order chi connectivity index (χ0) is 22.7. The number of hydrogen-bond donors (Lipinski definition) is 2. The van der Waals surface area contributed by atoms with Gasteiger partial charge in [0.05, 0.1) is 25.3 Å². The molecule has 0 aliphatic heterocycles. The normalized spacial score (nSPS) is 10.6. The van der Waals surface area contributed by atoms with Crippen molar-refractivity contribution < 1.29 is 0 Å². The lowest BCUT2D eigenvalue weighted by Gasteiger charge is -1.93. The van der Waals surface area contributed by atoms with Crippen LogP contribution in [0.2, 0.25) is 10.3 Å². The lowest BCUT2D eigenvalue weighted by Crippen LogP contribution is -2.08. The largest absolute Gasteiger partial charge is 0.341 e. The molecule has 0 spiro atoms. The Morgan fingerprint density at radius 2 is 1.25 bits per heavy atom. The van der Waals surface area contributed by atoms with Crippen molar-refractivity contribution >= 4 is 56.7 Å². The van der Waals surface area contributed by atoms with Crippen LogP contribution in [0, 0.1) is 0 Å². The van der Waals surface area contributed by atoms with E-state index >= 15 is 0 Å². The fourth-order valence-corrected chi connectivity index (χ4v) is 3.12. The highest BCUT2D eigenvalue weighted by molar-refractivity contribution is 6.33. The Morgan fingerprint density at radius 3 is 1.91 bits per heavy atom. The van der Waals surface area contributed by atoms with Crippen molar-refractivity contribution in [3.8, 4) is 0 Å². The molecule has 0 saturated heterocycles. The number of aromatic amines is 2. The van der Waals surface area contributed by atoms with E-state index in [4.69, 9.17) is 23.2 Å². The lowest BCUT2D eigenvalue weighted by molar-refractivity contribution is 0.938. The molecule has 0 saturated carbocycles. The van der Waals surface area contributed by atoms with Gasteiger partial charge >= 0.3 is 0 Å². The van der Waals surface area contributed by atoms with Crippen LogP contribution in [-0.2, 0) is 14.1 Å². The van der Waals surface area contributed by atoms with E-state index in [-0.39, 0.29) is 5.56 Å². The number of aryl methyl sites for hydroxylation is 2. The van der Waals surface area contributed by atoms with Gasteiger partial charge in [-0.15, -0.1) is 0 Å². The first kappa shape index (κ1) is 21.3. The summed E-state index contributed by atoms with van der Waals surface area (Å²) in [6.45, 7) is 0.